The van der Waals surface area contributed by atoms with Crippen LogP contribution in [0, 0.1) is 11.8 Å². The Labute approximate surface area is 108 Å². The van der Waals surface area contributed by atoms with Gasteiger partial charge >= 0.3 is 0 Å². The molecular formula is C15H32N2. The van der Waals surface area contributed by atoms with Crippen molar-refractivity contribution in [2.24, 2.45) is 11.8 Å². The molecule has 4 atom stereocenters. The van der Waals surface area contributed by atoms with Gasteiger partial charge in [-0.05, 0) is 58.5 Å². The van der Waals surface area contributed by atoms with Gasteiger partial charge in [-0.2, -0.15) is 0 Å². The van der Waals surface area contributed by atoms with Crippen molar-refractivity contribution >= 4 is 0 Å². The van der Waals surface area contributed by atoms with E-state index in [2.05, 4.69) is 51.9 Å². The fourth-order valence-electron chi connectivity index (χ4n) is 3.40. The van der Waals surface area contributed by atoms with Crippen LogP contribution in [0.4, 0.5) is 0 Å². The van der Waals surface area contributed by atoms with Crippen molar-refractivity contribution in [2.45, 2.75) is 72.0 Å². The van der Waals surface area contributed by atoms with Crippen LogP contribution in [0.5, 0.6) is 0 Å². The molecule has 0 amide bonds. The first-order valence-corrected chi connectivity index (χ1v) is 7.42. The molecule has 1 saturated carbocycles. The third kappa shape index (κ3) is 3.96. The first-order chi connectivity index (χ1) is 7.97. The minimum absolute atomic E-state index is 0.641. The number of likely N-dealkylation sites (N-methyl/N-ethyl adjacent to an activating group) is 1. The van der Waals surface area contributed by atoms with E-state index in [0.29, 0.717) is 18.1 Å². The summed E-state index contributed by atoms with van der Waals surface area (Å²) in [7, 11) is 2.29. The van der Waals surface area contributed by atoms with Crippen LogP contribution in [-0.2, 0) is 0 Å². The summed E-state index contributed by atoms with van der Waals surface area (Å²) in [5, 5.41) is 3.78. The molecular weight excluding hydrogens is 208 g/mol. The molecule has 0 heterocycles. The van der Waals surface area contributed by atoms with Gasteiger partial charge in [-0.1, -0.05) is 20.8 Å². The number of rotatable bonds is 5. The summed E-state index contributed by atoms with van der Waals surface area (Å²) in [5.41, 5.74) is 0. The van der Waals surface area contributed by atoms with Crippen LogP contribution in [-0.4, -0.2) is 36.6 Å². The maximum atomic E-state index is 3.78. The first kappa shape index (κ1) is 15.0. The zero-order chi connectivity index (χ0) is 13.0. The van der Waals surface area contributed by atoms with E-state index >= 15 is 0 Å². The highest BCUT2D eigenvalue weighted by Gasteiger charge is 2.36. The molecule has 0 aromatic carbocycles. The van der Waals surface area contributed by atoms with Crippen molar-refractivity contribution < 1.29 is 0 Å². The Morgan fingerprint density at radius 1 is 1.24 bits per heavy atom. The lowest BCUT2D eigenvalue weighted by Crippen LogP contribution is -2.57. The van der Waals surface area contributed by atoms with Gasteiger partial charge < -0.3 is 5.32 Å². The van der Waals surface area contributed by atoms with Crippen molar-refractivity contribution in [3.8, 4) is 0 Å². The van der Waals surface area contributed by atoms with E-state index in [4.69, 9.17) is 0 Å². The molecule has 0 aromatic rings. The van der Waals surface area contributed by atoms with E-state index in [1.165, 1.54) is 19.3 Å². The summed E-state index contributed by atoms with van der Waals surface area (Å²) < 4.78 is 0. The summed E-state index contributed by atoms with van der Waals surface area (Å²) in [6.07, 6.45) is 3.95. The molecule has 1 aliphatic rings. The van der Waals surface area contributed by atoms with Gasteiger partial charge in [0.2, 0.25) is 0 Å². The largest absolute Gasteiger partial charge is 0.312 e. The van der Waals surface area contributed by atoms with Gasteiger partial charge in [0.1, 0.15) is 0 Å². The van der Waals surface area contributed by atoms with Gasteiger partial charge in [-0.15, -0.1) is 0 Å². The molecule has 0 bridgehead atoms. The molecule has 4 unspecified atom stereocenters. The highest BCUT2D eigenvalue weighted by atomic mass is 15.2. The maximum Gasteiger partial charge on any atom is 0.0274 e. The predicted octanol–water partition coefficient (Wildman–Crippen LogP) is 3.13. The zero-order valence-corrected chi connectivity index (χ0v) is 12.7. The second kappa shape index (κ2) is 6.75. The van der Waals surface area contributed by atoms with Crippen LogP contribution >= 0.6 is 0 Å². The molecule has 1 aliphatic carbocycles. The lowest BCUT2D eigenvalue weighted by atomic mass is 9.75. The van der Waals surface area contributed by atoms with E-state index in [1.807, 2.05) is 0 Å². The Balaban J connectivity index is 2.71. The maximum absolute atomic E-state index is 3.78. The average Bonchev–Trinajstić information content (AvgIpc) is 2.24. The number of nitrogens with zero attached hydrogens (tertiary/aromatic N) is 1. The van der Waals surface area contributed by atoms with Crippen molar-refractivity contribution in [1.29, 1.82) is 0 Å². The molecule has 0 aromatic heterocycles. The van der Waals surface area contributed by atoms with Crippen molar-refractivity contribution in [1.82, 2.24) is 10.2 Å². The molecule has 17 heavy (non-hydrogen) atoms. The van der Waals surface area contributed by atoms with Crippen LogP contribution < -0.4 is 5.32 Å². The van der Waals surface area contributed by atoms with Crippen LogP contribution in [0.2, 0.25) is 0 Å². The Hall–Kier alpha value is -0.0800. The summed E-state index contributed by atoms with van der Waals surface area (Å²) >= 11 is 0. The molecule has 0 aliphatic heterocycles. The summed E-state index contributed by atoms with van der Waals surface area (Å²) in [5.74, 6) is 1.68. The van der Waals surface area contributed by atoms with E-state index < -0.39 is 0 Å². The minimum atomic E-state index is 0.641. The molecule has 0 saturated heterocycles. The molecule has 0 radical (unpaired) electrons. The molecule has 2 heteroatoms. The Bertz CT molecular complexity index is 215. The van der Waals surface area contributed by atoms with E-state index in [0.717, 1.165) is 18.4 Å². The van der Waals surface area contributed by atoms with Crippen LogP contribution in [0.25, 0.3) is 0 Å². The topological polar surface area (TPSA) is 15.3 Å². The van der Waals surface area contributed by atoms with Gasteiger partial charge in [-0.3, -0.25) is 4.90 Å². The minimum Gasteiger partial charge on any atom is -0.312 e. The number of hydrogen-bond acceptors (Lipinski definition) is 2. The molecule has 1 N–H and O–H groups in total. The van der Waals surface area contributed by atoms with Gasteiger partial charge in [0.25, 0.3) is 0 Å². The second-order valence-electron chi connectivity index (χ2n) is 6.36. The predicted molar refractivity (Wildman–Crippen MR) is 76.3 cm³/mol. The lowest BCUT2D eigenvalue weighted by Gasteiger charge is -2.46. The van der Waals surface area contributed by atoms with Crippen molar-refractivity contribution in [3.63, 3.8) is 0 Å². The Morgan fingerprint density at radius 3 is 2.41 bits per heavy atom. The van der Waals surface area contributed by atoms with Gasteiger partial charge in [0.05, 0.1) is 0 Å². The van der Waals surface area contributed by atoms with Crippen molar-refractivity contribution in [2.75, 3.05) is 13.6 Å². The van der Waals surface area contributed by atoms with E-state index in [1.54, 1.807) is 0 Å². The van der Waals surface area contributed by atoms with Crippen LogP contribution in [0.3, 0.4) is 0 Å². The monoisotopic (exact) mass is 240 g/mol. The number of nitrogens with one attached hydrogen (secondary N) is 1. The third-order valence-corrected chi connectivity index (χ3v) is 4.37. The fourth-order valence-corrected chi connectivity index (χ4v) is 3.40. The van der Waals surface area contributed by atoms with Crippen LogP contribution in [0.1, 0.15) is 53.9 Å². The average molecular weight is 240 g/mol. The summed E-state index contributed by atoms with van der Waals surface area (Å²) in [4.78, 5) is 2.57. The molecule has 1 fully saturated rings. The smallest absolute Gasteiger partial charge is 0.0274 e. The second-order valence-corrected chi connectivity index (χ2v) is 6.36. The van der Waals surface area contributed by atoms with E-state index in [-0.39, 0.29) is 0 Å². The Morgan fingerprint density at radius 2 is 1.88 bits per heavy atom. The molecule has 2 nitrogen and oxygen atoms in total. The van der Waals surface area contributed by atoms with Gasteiger partial charge in [-0.25, -0.2) is 0 Å². The SMILES string of the molecule is CCCNC1CC(C)CC(C)C1N(C)C(C)C. The lowest BCUT2D eigenvalue weighted by molar-refractivity contribution is 0.0604. The van der Waals surface area contributed by atoms with Crippen LogP contribution in [0.15, 0.2) is 0 Å². The quantitative estimate of drug-likeness (QED) is 0.794. The zero-order valence-electron chi connectivity index (χ0n) is 12.7. The molecule has 102 valence electrons. The highest BCUT2D eigenvalue weighted by Crippen LogP contribution is 2.32. The number of hydrogen-bond donors (Lipinski definition) is 1. The fraction of sp³-hybridized carbons (Fsp3) is 1.00. The van der Waals surface area contributed by atoms with Gasteiger partial charge in [0, 0.05) is 18.1 Å². The first-order valence-electron chi connectivity index (χ1n) is 7.42. The standard InChI is InChI=1S/C15H32N2/c1-7-8-16-14-10-12(4)9-13(5)15(14)17(6)11(2)3/h11-16H,7-10H2,1-6H3. The summed E-state index contributed by atoms with van der Waals surface area (Å²) in [6, 6.07) is 2.03. The van der Waals surface area contributed by atoms with E-state index in [9.17, 15) is 0 Å². The molecule has 1 rings (SSSR count). The van der Waals surface area contributed by atoms with Crippen molar-refractivity contribution in [3.05, 3.63) is 0 Å². The molecule has 0 spiro atoms. The Kier molecular flexibility index (Phi) is 5.94. The summed E-state index contributed by atoms with van der Waals surface area (Å²) in [6.45, 7) is 12.9. The highest BCUT2D eigenvalue weighted by molar-refractivity contribution is 4.93. The van der Waals surface area contributed by atoms with Gasteiger partial charge in [0.15, 0.2) is 0 Å². The normalized spacial score (nSPS) is 34.6. The third-order valence-electron chi connectivity index (χ3n) is 4.37.